The predicted octanol–water partition coefficient (Wildman–Crippen LogP) is 0.262. The van der Waals surface area contributed by atoms with Crippen molar-refractivity contribution in [3.05, 3.63) is 29.8 Å². The Labute approximate surface area is 150 Å². The summed E-state index contributed by atoms with van der Waals surface area (Å²) < 4.78 is 13.8. The molecule has 2 atom stereocenters. The molecule has 0 spiro atoms. The van der Waals surface area contributed by atoms with Gasteiger partial charge in [0.2, 0.25) is 0 Å². The van der Waals surface area contributed by atoms with Crippen LogP contribution in [0.1, 0.15) is 17.3 Å². The molecule has 2 N–H and O–H groups in total. The molecule has 1 rings (SSSR count). The largest absolute Gasteiger partial charge is 0.508 e. The Morgan fingerprint density at radius 1 is 0.962 bits per heavy atom. The van der Waals surface area contributed by atoms with Crippen molar-refractivity contribution in [3.63, 3.8) is 0 Å². The van der Waals surface area contributed by atoms with Gasteiger partial charge in [0.25, 0.3) is 5.91 Å². The number of amides is 1. The fraction of sp³-hybridized carbons (Fsp3) is 0.412. The van der Waals surface area contributed by atoms with Crippen molar-refractivity contribution < 1.29 is 38.5 Å². The number of carbonyl (C=O) groups is 4. The van der Waals surface area contributed by atoms with Crippen LogP contribution in [-0.4, -0.2) is 56.3 Å². The zero-order valence-electron chi connectivity index (χ0n) is 14.8. The number of rotatable bonds is 7. The zero-order valence-corrected chi connectivity index (χ0v) is 14.8. The average Bonchev–Trinajstić information content (AvgIpc) is 2.64. The number of hydrogen-bond acceptors (Lipinski definition) is 8. The highest BCUT2D eigenvalue weighted by Crippen LogP contribution is 2.21. The van der Waals surface area contributed by atoms with Crippen LogP contribution in [0.25, 0.3) is 0 Å². The van der Waals surface area contributed by atoms with Crippen LogP contribution in [0.4, 0.5) is 0 Å². The molecule has 0 radical (unpaired) electrons. The Kier molecular flexibility index (Phi) is 7.57. The Balaban J connectivity index is 3.15. The fourth-order valence-electron chi connectivity index (χ4n) is 2.38. The third-order valence-corrected chi connectivity index (χ3v) is 3.81. The van der Waals surface area contributed by atoms with Gasteiger partial charge in [0.05, 0.1) is 21.3 Å². The first-order chi connectivity index (χ1) is 12.3. The first kappa shape index (κ1) is 20.9. The molecule has 142 valence electrons. The summed E-state index contributed by atoms with van der Waals surface area (Å²) in [4.78, 5) is 48.4. The first-order valence-corrected chi connectivity index (χ1v) is 7.60. The molecule has 0 saturated heterocycles. The molecule has 0 aliphatic heterocycles. The van der Waals surface area contributed by atoms with Crippen LogP contribution in [0.5, 0.6) is 5.75 Å². The van der Waals surface area contributed by atoms with E-state index >= 15 is 0 Å². The van der Waals surface area contributed by atoms with Crippen molar-refractivity contribution in [3.8, 4) is 5.75 Å². The van der Waals surface area contributed by atoms with E-state index in [0.29, 0.717) is 0 Å². The molecule has 1 aromatic carbocycles. The second-order valence-corrected chi connectivity index (χ2v) is 5.41. The van der Waals surface area contributed by atoms with E-state index in [9.17, 15) is 24.3 Å². The van der Waals surface area contributed by atoms with E-state index in [1.165, 1.54) is 31.2 Å². The van der Waals surface area contributed by atoms with Crippen LogP contribution in [0.3, 0.4) is 0 Å². The van der Waals surface area contributed by atoms with E-state index < -0.39 is 41.7 Å². The van der Waals surface area contributed by atoms with Gasteiger partial charge < -0.3 is 24.6 Å². The van der Waals surface area contributed by atoms with Gasteiger partial charge in [-0.15, -0.1) is 0 Å². The third kappa shape index (κ3) is 4.95. The zero-order chi connectivity index (χ0) is 19.9. The van der Waals surface area contributed by atoms with E-state index in [4.69, 9.17) is 0 Å². The number of benzene rings is 1. The third-order valence-electron chi connectivity index (χ3n) is 3.81. The molecular weight excluding hydrogens is 346 g/mol. The van der Waals surface area contributed by atoms with Gasteiger partial charge in [-0.3, -0.25) is 14.4 Å². The number of ether oxygens (including phenoxy) is 3. The molecular formula is C17H21NO8. The highest BCUT2D eigenvalue weighted by atomic mass is 16.5. The van der Waals surface area contributed by atoms with Gasteiger partial charge in [-0.25, -0.2) is 4.79 Å². The van der Waals surface area contributed by atoms with E-state index in [0.717, 1.165) is 21.3 Å². The second kappa shape index (κ2) is 9.40. The van der Waals surface area contributed by atoms with E-state index in [-0.39, 0.29) is 11.3 Å². The quantitative estimate of drug-likeness (QED) is 0.399. The van der Waals surface area contributed by atoms with Gasteiger partial charge in [-0.2, -0.15) is 0 Å². The molecule has 1 aromatic rings. The molecule has 0 saturated carbocycles. The number of aromatic hydroxyl groups is 1. The van der Waals surface area contributed by atoms with Crippen LogP contribution in [-0.2, 0) is 28.6 Å². The second-order valence-electron chi connectivity index (χ2n) is 5.41. The molecule has 9 heteroatoms. The number of esters is 3. The molecule has 26 heavy (non-hydrogen) atoms. The van der Waals surface area contributed by atoms with Crippen LogP contribution >= 0.6 is 0 Å². The summed E-state index contributed by atoms with van der Waals surface area (Å²) in [6.07, 6.45) is 0. The molecule has 0 fully saturated rings. The van der Waals surface area contributed by atoms with Crippen LogP contribution in [0, 0.1) is 11.8 Å². The Morgan fingerprint density at radius 3 is 1.96 bits per heavy atom. The number of nitrogens with one attached hydrogen (secondary N) is 1. The van der Waals surface area contributed by atoms with Crippen LogP contribution in [0.15, 0.2) is 24.3 Å². The van der Waals surface area contributed by atoms with Crippen molar-refractivity contribution in [1.82, 2.24) is 5.32 Å². The summed E-state index contributed by atoms with van der Waals surface area (Å²) in [5.74, 6) is -5.99. The normalized spacial score (nSPS) is 12.7. The van der Waals surface area contributed by atoms with Crippen molar-refractivity contribution >= 4 is 23.8 Å². The van der Waals surface area contributed by atoms with Gasteiger partial charge in [-0.05, 0) is 18.2 Å². The lowest BCUT2D eigenvalue weighted by molar-refractivity contribution is -0.162. The SMILES string of the molecule is COC(=O)C(C(=O)OC)[C@@H](C)[C@H](NC(=O)c1cccc(O)c1)C(=O)OC. The van der Waals surface area contributed by atoms with Gasteiger partial charge >= 0.3 is 17.9 Å². The molecule has 9 nitrogen and oxygen atoms in total. The monoisotopic (exact) mass is 367 g/mol. The lowest BCUT2D eigenvalue weighted by atomic mass is 9.87. The van der Waals surface area contributed by atoms with E-state index in [1.807, 2.05) is 0 Å². The topological polar surface area (TPSA) is 128 Å². The summed E-state index contributed by atoms with van der Waals surface area (Å²) in [5.41, 5.74) is 0.0822. The number of phenolic OH excluding ortho intramolecular Hbond substituents is 1. The number of methoxy groups -OCH3 is 3. The summed E-state index contributed by atoms with van der Waals surface area (Å²) in [6.45, 7) is 1.41. The summed E-state index contributed by atoms with van der Waals surface area (Å²) in [6, 6.07) is 4.12. The molecule has 0 aliphatic carbocycles. The number of hydrogen-bond donors (Lipinski definition) is 2. The summed E-state index contributed by atoms with van der Waals surface area (Å²) in [7, 11) is 3.28. The van der Waals surface area contributed by atoms with Crippen LogP contribution in [0.2, 0.25) is 0 Å². The predicted molar refractivity (Wildman–Crippen MR) is 88.1 cm³/mol. The summed E-state index contributed by atoms with van der Waals surface area (Å²) in [5, 5.41) is 11.9. The van der Waals surface area contributed by atoms with Gasteiger partial charge in [0, 0.05) is 11.5 Å². The molecule has 0 aliphatic rings. The van der Waals surface area contributed by atoms with E-state index in [1.54, 1.807) is 0 Å². The van der Waals surface area contributed by atoms with Crippen molar-refractivity contribution in [2.45, 2.75) is 13.0 Å². The Morgan fingerprint density at radius 2 is 1.50 bits per heavy atom. The van der Waals surface area contributed by atoms with Crippen molar-refractivity contribution in [2.24, 2.45) is 11.8 Å². The molecule has 0 aromatic heterocycles. The number of phenols is 1. The minimum Gasteiger partial charge on any atom is -0.508 e. The lowest BCUT2D eigenvalue weighted by Crippen LogP contribution is -2.51. The smallest absolute Gasteiger partial charge is 0.328 e. The first-order valence-electron chi connectivity index (χ1n) is 7.60. The molecule has 0 bridgehead atoms. The lowest BCUT2D eigenvalue weighted by Gasteiger charge is -2.27. The molecule has 0 unspecified atom stereocenters. The Bertz CT molecular complexity index is 671. The maximum absolute atomic E-state index is 12.4. The van der Waals surface area contributed by atoms with E-state index in [2.05, 4.69) is 19.5 Å². The van der Waals surface area contributed by atoms with Crippen LogP contribution < -0.4 is 5.32 Å². The number of carbonyl (C=O) groups excluding carboxylic acids is 4. The van der Waals surface area contributed by atoms with Crippen molar-refractivity contribution in [1.29, 1.82) is 0 Å². The molecule has 0 heterocycles. The maximum Gasteiger partial charge on any atom is 0.328 e. The minimum atomic E-state index is -1.45. The van der Waals surface area contributed by atoms with Crippen molar-refractivity contribution in [2.75, 3.05) is 21.3 Å². The minimum absolute atomic E-state index is 0.0822. The van der Waals surface area contributed by atoms with Gasteiger partial charge in [0.1, 0.15) is 11.8 Å². The van der Waals surface area contributed by atoms with Gasteiger partial charge in [0.15, 0.2) is 5.92 Å². The van der Waals surface area contributed by atoms with Gasteiger partial charge in [-0.1, -0.05) is 13.0 Å². The highest BCUT2D eigenvalue weighted by molar-refractivity contribution is 5.99. The fourth-order valence-corrected chi connectivity index (χ4v) is 2.38. The molecule has 1 amide bonds. The Hall–Kier alpha value is -3.10. The average molecular weight is 367 g/mol. The standard InChI is InChI=1S/C17H21NO8/c1-9(12(15(21)24-2)16(22)25-3)13(17(23)26-4)18-14(20)10-6-5-7-11(19)8-10/h5-9,12-13,19H,1-4H3,(H,18,20)/t9-,13+/m1/s1. The highest BCUT2D eigenvalue weighted by Gasteiger charge is 2.42. The maximum atomic E-state index is 12.4. The summed E-state index contributed by atoms with van der Waals surface area (Å²) >= 11 is 0.